The van der Waals surface area contributed by atoms with Gasteiger partial charge in [-0.25, -0.2) is 0 Å². The number of carbonyl (C=O) groups excluding carboxylic acids is 1. The molecule has 1 atom stereocenters. The van der Waals surface area contributed by atoms with Crippen molar-refractivity contribution in [3.8, 4) is 0 Å². The Bertz CT molecular complexity index is 675. The summed E-state index contributed by atoms with van der Waals surface area (Å²) < 4.78 is 0. The quantitative estimate of drug-likeness (QED) is 0.795. The molecule has 0 aliphatic heterocycles. The van der Waals surface area contributed by atoms with Gasteiger partial charge in [0.2, 0.25) is 0 Å². The topological polar surface area (TPSA) is 65.1 Å². The molecule has 4 heteroatoms. The highest BCUT2D eigenvalue weighted by molar-refractivity contribution is 5.99. The maximum atomic E-state index is 12.3. The van der Waals surface area contributed by atoms with E-state index >= 15 is 0 Å². The normalized spacial score (nSPS) is 15.5. The molecular formula is C18H24N2O2. The lowest BCUT2D eigenvalue weighted by molar-refractivity contribution is 0.0945. The first-order valence-corrected chi connectivity index (χ1v) is 8.21. The summed E-state index contributed by atoms with van der Waals surface area (Å²) in [5.74, 6) is 0.259. The van der Waals surface area contributed by atoms with Gasteiger partial charge < -0.3 is 15.4 Å². The first kappa shape index (κ1) is 15.1. The molecule has 1 amide bonds. The molecule has 0 radical (unpaired) electrons. The molecule has 1 unspecified atom stereocenters. The van der Waals surface area contributed by atoms with E-state index in [9.17, 15) is 4.79 Å². The third-order valence-corrected chi connectivity index (χ3v) is 4.59. The molecule has 3 rings (SSSR count). The van der Waals surface area contributed by atoms with Crippen LogP contribution in [-0.4, -0.2) is 29.1 Å². The van der Waals surface area contributed by atoms with Gasteiger partial charge in [-0.15, -0.1) is 0 Å². The highest BCUT2D eigenvalue weighted by atomic mass is 16.3. The van der Waals surface area contributed by atoms with Gasteiger partial charge in [-0.3, -0.25) is 4.79 Å². The van der Waals surface area contributed by atoms with E-state index in [0.717, 1.165) is 23.9 Å². The van der Waals surface area contributed by atoms with Crippen molar-refractivity contribution in [1.29, 1.82) is 0 Å². The van der Waals surface area contributed by atoms with Crippen molar-refractivity contribution in [2.45, 2.75) is 39.0 Å². The van der Waals surface area contributed by atoms with Gasteiger partial charge in [0.25, 0.3) is 5.91 Å². The van der Waals surface area contributed by atoms with Crippen LogP contribution in [0.3, 0.4) is 0 Å². The van der Waals surface area contributed by atoms with Crippen LogP contribution in [0, 0.1) is 5.92 Å². The Morgan fingerprint density at radius 1 is 1.36 bits per heavy atom. The number of amides is 1. The standard InChI is InChI=1S/C18H24N2O2/c1-12(8-9-21)11-19-18(22)13-6-7-17-15(10-13)14-4-2-3-5-16(14)20-17/h6-7,10,12,20-21H,2-5,8-9,11H2,1H3,(H,19,22). The number of hydrogen-bond acceptors (Lipinski definition) is 2. The number of aromatic amines is 1. The maximum absolute atomic E-state index is 12.3. The number of fused-ring (bicyclic) bond motifs is 3. The molecule has 1 heterocycles. The van der Waals surface area contributed by atoms with Gasteiger partial charge >= 0.3 is 0 Å². The van der Waals surface area contributed by atoms with Gasteiger partial charge in [-0.2, -0.15) is 0 Å². The van der Waals surface area contributed by atoms with Crippen LogP contribution in [-0.2, 0) is 12.8 Å². The zero-order chi connectivity index (χ0) is 15.5. The number of aliphatic hydroxyl groups is 1. The third-order valence-electron chi connectivity index (χ3n) is 4.59. The van der Waals surface area contributed by atoms with Crippen molar-refractivity contribution in [2.75, 3.05) is 13.2 Å². The van der Waals surface area contributed by atoms with Crippen molar-refractivity contribution in [2.24, 2.45) is 5.92 Å². The molecular weight excluding hydrogens is 276 g/mol. The van der Waals surface area contributed by atoms with Crippen molar-refractivity contribution >= 4 is 16.8 Å². The van der Waals surface area contributed by atoms with Crippen LogP contribution < -0.4 is 5.32 Å². The Morgan fingerprint density at radius 2 is 2.18 bits per heavy atom. The molecule has 0 saturated heterocycles. The first-order chi connectivity index (χ1) is 10.7. The van der Waals surface area contributed by atoms with Crippen LogP contribution >= 0.6 is 0 Å². The number of aryl methyl sites for hydroxylation is 2. The lowest BCUT2D eigenvalue weighted by atomic mass is 9.95. The minimum atomic E-state index is -0.0301. The number of benzene rings is 1. The van der Waals surface area contributed by atoms with Crippen LogP contribution in [0.1, 0.15) is 47.8 Å². The number of aliphatic hydroxyl groups excluding tert-OH is 1. The van der Waals surface area contributed by atoms with E-state index in [2.05, 4.69) is 10.3 Å². The molecule has 22 heavy (non-hydrogen) atoms. The largest absolute Gasteiger partial charge is 0.396 e. The summed E-state index contributed by atoms with van der Waals surface area (Å²) in [7, 11) is 0. The highest BCUT2D eigenvalue weighted by Gasteiger charge is 2.16. The van der Waals surface area contributed by atoms with Crippen LogP contribution in [0.2, 0.25) is 0 Å². The van der Waals surface area contributed by atoms with Gasteiger partial charge in [0.05, 0.1) is 0 Å². The van der Waals surface area contributed by atoms with Gasteiger partial charge in [-0.1, -0.05) is 6.92 Å². The summed E-state index contributed by atoms with van der Waals surface area (Å²) in [6.07, 6.45) is 5.41. The van der Waals surface area contributed by atoms with Crippen LogP contribution in [0.25, 0.3) is 10.9 Å². The molecule has 2 aromatic rings. The van der Waals surface area contributed by atoms with Crippen molar-refractivity contribution in [3.63, 3.8) is 0 Å². The predicted octanol–water partition coefficient (Wildman–Crippen LogP) is 2.80. The van der Waals surface area contributed by atoms with Crippen LogP contribution in [0.4, 0.5) is 0 Å². The van der Waals surface area contributed by atoms with Crippen molar-refractivity contribution in [3.05, 3.63) is 35.0 Å². The second-order valence-electron chi connectivity index (χ2n) is 6.38. The molecule has 1 aliphatic carbocycles. The average Bonchev–Trinajstić information content (AvgIpc) is 2.90. The number of aromatic nitrogens is 1. The Morgan fingerprint density at radius 3 is 3.00 bits per heavy atom. The second kappa shape index (κ2) is 6.53. The zero-order valence-electron chi connectivity index (χ0n) is 13.1. The summed E-state index contributed by atoms with van der Waals surface area (Å²) in [5, 5.41) is 13.1. The minimum Gasteiger partial charge on any atom is -0.396 e. The fourth-order valence-corrected chi connectivity index (χ4v) is 3.24. The molecule has 1 aromatic heterocycles. The summed E-state index contributed by atoms with van der Waals surface area (Å²) in [6.45, 7) is 2.80. The van der Waals surface area contributed by atoms with E-state index in [-0.39, 0.29) is 18.4 Å². The van der Waals surface area contributed by atoms with E-state index in [4.69, 9.17) is 5.11 Å². The van der Waals surface area contributed by atoms with E-state index in [0.29, 0.717) is 13.0 Å². The van der Waals surface area contributed by atoms with Crippen LogP contribution in [0.15, 0.2) is 18.2 Å². The molecule has 118 valence electrons. The average molecular weight is 300 g/mol. The minimum absolute atomic E-state index is 0.0301. The second-order valence-corrected chi connectivity index (χ2v) is 6.38. The fourth-order valence-electron chi connectivity index (χ4n) is 3.24. The fraction of sp³-hybridized carbons (Fsp3) is 0.500. The smallest absolute Gasteiger partial charge is 0.251 e. The number of nitrogens with one attached hydrogen (secondary N) is 2. The molecule has 0 saturated carbocycles. The SMILES string of the molecule is CC(CCO)CNC(=O)c1ccc2[nH]c3c(c2c1)CCCC3. The lowest BCUT2D eigenvalue weighted by Gasteiger charge is -2.12. The zero-order valence-corrected chi connectivity index (χ0v) is 13.1. The number of rotatable bonds is 5. The van der Waals surface area contributed by atoms with E-state index in [1.54, 1.807) is 0 Å². The van der Waals surface area contributed by atoms with E-state index in [1.807, 2.05) is 25.1 Å². The first-order valence-electron chi connectivity index (χ1n) is 8.21. The molecule has 0 fully saturated rings. The Kier molecular flexibility index (Phi) is 4.48. The van der Waals surface area contributed by atoms with E-state index < -0.39 is 0 Å². The summed E-state index contributed by atoms with van der Waals surface area (Å²) in [6, 6.07) is 5.91. The number of carbonyl (C=O) groups is 1. The molecule has 0 bridgehead atoms. The van der Waals surface area contributed by atoms with Gasteiger partial charge in [0.15, 0.2) is 0 Å². The van der Waals surface area contributed by atoms with Crippen molar-refractivity contribution in [1.82, 2.24) is 10.3 Å². The molecule has 1 aromatic carbocycles. The van der Waals surface area contributed by atoms with Gasteiger partial charge in [0.1, 0.15) is 0 Å². The number of H-pyrrole nitrogens is 1. The maximum Gasteiger partial charge on any atom is 0.251 e. The summed E-state index contributed by atoms with van der Waals surface area (Å²) >= 11 is 0. The van der Waals surface area contributed by atoms with E-state index in [1.165, 1.54) is 29.5 Å². The highest BCUT2D eigenvalue weighted by Crippen LogP contribution is 2.29. The Hall–Kier alpha value is -1.81. The van der Waals surface area contributed by atoms with Crippen LogP contribution in [0.5, 0.6) is 0 Å². The summed E-state index contributed by atoms with van der Waals surface area (Å²) in [5.41, 5.74) is 4.59. The van der Waals surface area contributed by atoms with Crippen molar-refractivity contribution < 1.29 is 9.90 Å². The molecule has 4 nitrogen and oxygen atoms in total. The summed E-state index contributed by atoms with van der Waals surface area (Å²) in [4.78, 5) is 15.8. The number of hydrogen-bond donors (Lipinski definition) is 3. The Labute approximate surface area is 130 Å². The molecule has 0 spiro atoms. The lowest BCUT2D eigenvalue weighted by Crippen LogP contribution is -2.28. The monoisotopic (exact) mass is 300 g/mol. The predicted molar refractivity (Wildman–Crippen MR) is 88.1 cm³/mol. The van der Waals surface area contributed by atoms with Gasteiger partial charge in [0, 0.05) is 35.3 Å². The molecule has 1 aliphatic rings. The third kappa shape index (κ3) is 3.02. The molecule has 3 N–H and O–H groups in total. The Balaban J connectivity index is 1.78. The van der Waals surface area contributed by atoms with Gasteiger partial charge in [-0.05, 0) is 61.8 Å².